The summed E-state index contributed by atoms with van der Waals surface area (Å²) in [7, 11) is -3.43. The van der Waals surface area contributed by atoms with Crippen LogP contribution in [0.1, 0.15) is 107 Å². The average Bonchev–Trinajstić information content (AvgIpc) is 2.94. The molecule has 0 aliphatic rings. The zero-order valence-electron chi connectivity index (χ0n) is 24.3. The minimum Gasteiger partial charge on any atom is -0.491 e. The maximum absolute atomic E-state index is 13.0. The molecule has 1 aromatic carbocycles. The van der Waals surface area contributed by atoms with E-state index in [1.54, 1.807) is 50.3 Å². The fourth-order valence-corrected chi connectivity index (χ4v) is 5.42. The van der Waals surface area contributed by atoms with Gasteiger partial charge in [0.25, 0.3) is 0 Å². The highest BCUT2D eigenvalue weighted by Crippen LogP contribution is 2.50. The minimum atomic E-state index is -3.43. The molecule has 0 amide bonds. The summed E-state index contributed by atoms with van der Waals surface area (Å²) in [6.45, 7) is 6.94. The molecule has 0 spiro atoms. The van der Waals surface area contributed by atoms with E-state index in [2.05, 4.69) is 11.9 Å². The molecule has 0 aliphatic heterocycles. The first-order valence-corrected chi connectivity index (χ1v) is 16.2. The van der Waals surface area contributed by atoms with Crippen LogP contribution < -0.4 is 9.47 Å². The number of ether oxygens (including phenoxy) is 2. The van der Waals surface area contributed by atoms with Crippen LogP contribution in [0.15, 0.2) is 42.2 Å². The van der Waals surface area contributed by atoms with Crippen molar-refractivity contribution in [2.45, 2.75) is 91.6 Å². The summed E-state index contributed by atoms with van der Waals surface area (Å²) in [6, 6.07) is 10.0. The number of unbranched alkanes of at least 4 members (excludes halogenated alkanes) is 9. The summed E-state index contributed by atoms with van der Waals surface area (Å²) in [5.74, 6) is 1.28. The summed E-state index contributed by atoms with van der Waals surface area (Å²) in [5, 5.41) is 9.22. The van der Waals surface area contributed by atoms with E-state index in [1.807, 2.05) is 0 Å². The van der Waals surface area contributed by atoms with Gasteiger partial charge in [-0.1, -0.05) is 76.8 Å². The van der Waals surface area contributed by atoms with Gasteiger partial charge < -0.3 is 23.6 Å². The number of carboxylic acid groups (broad SMARTS) is 1. The fourth-order valence-electron chi connectivity index (χ4n) is 4.13. The maximum atomic E-state index is 13.0. The standard InChI is InChI=1S/C31H46NO7P/c1-4-7-8-9-10-11-12-13-14-15-22-36-29-19-20-30(37-25-26-17-16-18-27(24-26)31(33)34)32-28(29)21-23-40(35,38-5-2)39-6-3/h16-21,23-24H,4-15,22,25H2,1-3H3,(H,33,34). The zero-order valence-corrected chi connectivity index (χ0v) is 25.2. The molecule has 40 heavy (non-hydrogen) atoms. The Morgan fingerprint density at radius 1 is 0.875 bits per heavy atom. The predicted molar refractivity (Wildman–Crippen MR) is 159 cm³/mol. The van der Waals surface area contributed by atoms with Crippen molar-refractivity contribution in [2.75, 3.05) is 19.8 Å². The quantitative estimate of drug-likeness (QED) is 0.110. The molecule has 0 unspecified atom stereocenters. The summed E-state index contributed by atoms with van der Waals surface area (Å²) in [6.07, 6.45) is 14.0. The molecule has 2 rings (SSSR count). The molecule has 9 heteroatoms. The van der Waals surface area contributed by atoms with Gasteiger partial charge in [0.1, 0.15) is 18.1 Å². The Bertz CT molecular complexity index is 1080. The Morgan fingerprint density at radius 2 is 1.52 bits per heavy atom. The molecule has 222 valence electrons. The lowest BCUT2D eigenvalue weighted by Crippen LogP contribution is -2.03. The van der Waals surface area contributed by atoms with Crippen LogP contribution in [0.25, 0.3) is 6.08 Å². The highest BCUT2D eigenvalue weighted by atomic mass is 31.2. The van der Waals surface area contributed by atoms with Crippen molar-refractivity contribution in [1.82, 2.24) is 4.98 Å². The van der Waals surface area contributed by atoms with Crippen molar-refractivity contribution < 1.29 is 33.0 Å². The largest absolute Gasteiger partial charge is 0.491 e. The van der Waals surface area contributed by atoms with Crippen LogP contribution in [-0.4, -0.2) is 35.9 Å². The van der Waals surface area contributed by atoms with Gasteiger partial charge in [0, 0.05) is 11.9 Å². The van der Waals surface area contributed by atoms with E-state index in [4.69, 9.17) is 18.5 Å². The Hall–Kier alpha value is -2.67. The third-order valence-electron chi connectivity index (χ3n) is 6.21. The summed E-state index contributed by atoms with van der Waals surface area (Å²) in [5.41, 5.74) is 1.34. The van der Waals surface area contributed by atoms with Crippen molar-refractivity contribution in [3.05, 3.63) is 59.0 Å². The van der Waals surface area contributed by atoms with Gasteiger partial charge in [-0.25, -0.2) is 9.78 Å². The van der Waals surface area contributed by atoms with Crippen LogP contribution in [0.5, 0.6) is 11.6 Å². The van der Waals surface area contributed by atoms with Crippen LogP contribution in [-0.2, 0) is 20.2 Å². The molecule has 1 heterocycles. The number of benzene rings is 1. The van der Waals surface area contributed by atoms with Crippen LogP contribution in [0, 0.1) is 0 Å². The van der Waals surface area contributed by atoms with Gasteiger partial charge in [-0.3, -0.25) is 4.57 Å². The summed E-state index contributed by atoms with van der Waals surface area (Å²) >= 11 is 0. The van der Waals surface area contributed by atoms with Crippen molar-refractivity contribution >= 4 is 19.6 Å². The fraction of sp³-hybridized carbons (Fsp3) is 0.548. The van der Waals surface area contributed by atoms with Gasteiger partial charge in [0.2, 0.25) is 5.88 Å². The molecule has 0 atom stereocenters. The number of nitrogens with zero attached hydrogens (tertiary/aromatic N) is 1. The molecule has 0 bridgehead atoms. The predicted octanol–water partition coefficient (Wildman–Crippen LogP) is 8.90. The van der Waals surface area contributed by atoms with E-state index >= 15 is 0 Å². The third-order valence-corrected chi connectivity index (χ3v) is 7.96. The molecule has 0 saturated carbocycles. The molecule has 1 aromatic heterocycles. The van der Waals surface area contributed by atoms with E-state index in [0.717, 1.165) is 12.8 Å². The van der Waals surface area contributed by atoms with Gasteiger partial charge >= 0.3 is 13.6 Å². The Labute approximate surface area is 239 Å². The maximum Gasteiger partial charge on any atom is 0.354 e. The molecule has 0 radical (unpaired) electrons. The van der Waals surface area contributed by atoms with Crippen LogP contribution in [0.3, 0.4) is 0 Å². The number of carboxylic acids is 1. The van der Waals surface area contributed by atoms with E-state index in [-0.39, 0.29) is 25.4 Å². The van der Waals surface area contributed by atoms with Gasteiger partial charge in [0.05, 0.1) is 25.4 Å². The number of aromatic carboxylic acids is 1. The molecule has 1 N–H and O–H groups in total. The average molecular weight is 576 g/mol. The van der Waals surface area contributed by atoms with Crippen LogP contribution in [0.2, 0.25) is 0 Å². The molecule has 2 aromatic rings. The van der Waals surface area contributed by atoms with Crippen molar-refractivity contribution in [1.29, 1.82) is 0 Å². The molecule has 0 saturated heterocycles. The van der Waals surface area contributed by atoms with E-state index in [0.29, 0.717) is 29.5 Å². The second-order valence-corrected chi connectivity index (χ2v) is 11.4. The van der Waals surface area contributed by atoms with Gasteiger partial charge in [0.15, 0.2) is 0 Å². The Morgan fingerprint density at radius 3 is 2.15 bits per heavy atom. The topological polar surface area (TPSA) is 104 Å². The highest BCUT2D eigenvalue weighted by Gasteiger charge is 2.20. The molecular weight excluding hydrogens is 529 g/mol. The minimum absolute atomic E-state index is 0.145. The Kier molecular flexibility index (Phi) is 16.3. The first-order chi connectivity index (χ1) is 19.4. The van der Waals surface area contributed by atoms with E-state index in [9.17, 15) is 14.5 Å². The van der Waals surface area contributed by atoms with E-state index < -0.39 is 13.6 Å². The van der Waals surface area contributed by atoms with Crippen LogP contribution in [0.4, 0.5) is 0 Å². The van der Waals surface area contributed by atoms with Crippen LogP contribution >= 0.6 is 7.60 Å². The second kappa shape index (κ2) is 19.4. The third kappa shape index (κ3) is 13.1. The second-order valence-electron chi connectivity index (χ2n) is 9.55. The van der Waals surface area contributed by atoms with Gasteiger partial charge in [-0.15, -0.1) is 0 Å². The smallest absolute Gasteiger partial charge is 0.354 e. The number of hydrogen-bond acceptors (Lipinski definition) is 7. The SMILES string of the molecule is CCCCCCCCCCCCOc1ccc(OCc2cccc(C(=O)O)c2)nc1C=CP(=O)(OCC)OCC. The lowest BCUT2D eigenvalue weighted by molar-refractivity contribution is 0.0696. The lowest BCUT2D eigenvalue weighted by atomic mass is 10.1. The summed E-state index contributed by atoms with van der Waals surface area (Å²) in [4.78, 5) is 15.8. The number of pyridine rings is 1. The Balaban J connectivity index is 2.01. The van der Waals surface area contributed by atoms with Crippen molar-refractivity contribution in [3.63, 3.8) is 0 Å². The number of carbonyl (C=O) groups is 1. The zero-order chi connectivity index (χ0) is 29.1. The molecule has 0 fully saturated rings. The number of hydrogen-bond donors (Lipinski definition) is 1. The number of aromatic nitrogens is 1. The molecule has 0 aliphatic carbocycles. The van der Waals surface area contributed by atoms with Crippen molar-refractivity contribution in [2.24, 2.45) is 0 Å². The van der Waals surface area contributed by atoms with Crippen molar-refractivity contribution in [3.8, 4) is 11.6 Å². The molecular formula is C31H46NO7P. The van der Waals surface area contributed by atoms with E-state index in [1.165, 1.54) is 63.3 Å². The molecule has 8 nitrogen and oxygen atoms in total. The normalized spacial score (nSPS) is 11.7. The lowest BCUT2D eigenvalue weighted by Gasteiger charge is -2.14. The monoisotopic (exact) mass is 575 g/mol. The van der Waals surface area contributed by atoms with Gasteiger partial charge in [-0.2, -0.15) is 0 Å². The summed E-state index contributed by atoms with van der Waals surface area (Å²) < 4.78 is 35.6. The highest BCUT2D eigenvalue weighted by molar-refractivity contribution is 7.57. The van der Waals surface area contributed by atoms with Gasteiger partial charge in [-0.05, 0) is 50.1 Å². The number of rotatable bonds is 22. The first kappa shape index (κ1) is 33.5. The first-order valence-electron chi connectivity index (χ1n) is 14.6.